The van der Waals surface area contributed by atoms with Crippen molar-refractivity contribution in [2.24, 2.45) is 28.6 Å². The van der Waals surface area contributed by atoms with Gasteiger partial charge in [0.25, 0.3) is 0 Å². The minimum Gasteiger partial charge on any atom is -0.466 e. The number of allylic oxidation sites excluding steroid dienone is 3. The molecule has 5 nitrogen and oxygen atoms in total. The molecule has 4 aliphatic carbocycles. The number of rotatable bonds is 5. The first-order valence-corrected chi connectivity index (χ1v) is 12.4. The molecule has 33 heavy (non-hydrogen) atoms. The van der Waals surface area contributed by atoms with E-state index in [9.17, 15) is 14.4 Å². The Balaban J connectivity index is 1.67. The van der Waals surface area contributed by atoms with Gasteiger partial charge in [0.05, 0.1) is 6.61 Å². The number of hydrogen-bond acceptors (Lipinski definition) is 5. The van der Waals surface area contributed by atoms with Gasteiger partial charge in [-0.15, -0.1) is 0 Å². The van der Waals surface area contributed by atoms with E-state index in [1.54, 1.807) is 0 Å². The summed E-state index contributed by atoms with van der Waals surface area (Å²) in [5.74, 6) is 0.691. The zero-order valence-electron chi connectivity index (χ0n) is 20.6. The second kappa shape index (κ2) is 8.25. The molecule has 3 saturated carbocycles. The summed E-state index contributed by atoms with van der Waals surface area (Å²) in [6.07, 6.45) is 8.42. The average Bonchev–Trinajstić information content (AvgIpc) is 3.02. The molecular weight excluding hydrogens is 416 g/mol. The molecule has 0 bridgehead atoms. The van der Waals surface area contributed by atoms with E-state index in [0.29, 0.717) is 37.7 Å². The maximum atomic E-state index is 12.3. The largest absolute Gasteiger partial charge is 0.466 e. The maximum absolute atomic E-state index is 12.3. The molecule has 0 amide bonds. The van der Waals surface area contributed by atoms with Crippen molar-refractivity contribution in [3.05, 3.63) is 36.0 Å². The predicted molar refractivity (Wildman–Crippen MR) is 126 cm³/mol. The van der Waals surface area contributed by atoms with Gasteiger partial charge in [-0.3, -0.25) is 14.4 Å². The third-order valence-corrected chi connectivity index (χ3v) is 9.67. The molecule has 4 rings (SSSR count). The zero-order valence-corrected chi connectivity index (χ0v) is 20.6. The Morgan fingerprint density at radius 3 is 2.42 bits per heavy atom. The number of carbonyl (C=O) groups is 3. The van der Waals surface area contributed by atoms with E-state index in [4.69, 9.17) is 9.47 Å². The second-order valence-electron chi connectivity index (χ2n) is 11.2. The molecule has 0 heterocycles. The van der Waals surface area contributed by atoms with Crippen LogP contribution in [0.1, 0.15) is 79.1 Å². The van der Waals surface area contributed by atoms with E-state index in [1.165, 1.54) is 13.8 Å². The lowest BCUT2D eigenvalue weighted by atomic mass is 9.44. The lowest BCUT2D eigenvalue weighted by Crippen LogP contribution is -2.56. The molecule has 1 unspecified atom stereocenters. The molecule has 0 N–H and O–H groups in total. The van der Waals surface area contributed by atoms with Gasteiger partial charge in [0, 0.05) is 25.7 Å². The third kappa shape index (κ3) is 3.63. The van der Waals surface area contributed by atoms with Crippen molar-refractivity contribution in [1.82, 2.24) is 0 Å². The van der Waals surface area contributed by atoms with Crippen molar-refractivity contribution in [2.45, 2.75) is 84.7 Å². The van der Waals surface area contributed by atoms with Gasteiger partial charge in [0.2, 0.25) is 0 Å². The molecule has 0 aromatic carbocycles. The number of ketones is 1. The van der Waals surface area contributed by atoms with Crippen LogP contribution in [0.15, 0.2) is 36.0 Å². The average molecular weight is 455 g/mol. The summed E-state index contributed by atoms with van der Waals surface area (Å²) in [6.45, 7) is 16.8. The lowest BCUT2D eigenvalue weighted by Gasteiger charge is -2.60. The van der Waals surface area contributed by atoms with Crippen LogP contribution in [0.3, 0.4) is 0 Å². The molecular formula is C28H38O5. The van der Waals surface area contributed by atoms with E-state index in [-0.39, 0.29) is 34.5 Å². The molecule has 0 aliphatic heterocycles. The van der Waals surface area contributed by atoms with Gasteiger partial charge in [-0.2, -0.15) is 0 Å². The van der Waals surface area contributed by atoms with Gasteiger partial charge in [0.1, 0.15) is 5.60 Å². The Kier molecular flexibility index (Phi) is 5.99. The molecule has 3 fully saturated rings. The summed E-state index contributed by atoms with van der Waals surface area (Å²) in [5.41, 5.74) is 2.31. The molecule has 0 saturated heterocycles. The van der Waals surface area contributed by atoms with E-state index < -0.39 is 5.60 Å². The van der Waals surface area contributed by atoms with Crippen LogP contribution in [0.25, 0.3) is 0 Å². The van der Waals surface area contributed by atoms with Crippen molar-refractivity contribution < 1.29 is 23.9 Å². The minimum atomic E-state index is -0.560. The fraction of sp³-hybridized carbons (Fsp3) is 0.679. The van der Waals surface area contributed by atoms with Crippen LogP contribution in [0.2, 0.25) is 0 Å². The van der Waals surface area contributed by atoms with Crippen molar-refractivity contribution >= 4 is 17.7 Å². The quantitative estimate of drug-likeness (QED) is 0.405. The van der Waals surface area contributed by atoms with Crippen LogP contribution >= 0.6 is 0 Å². The van der Waals surface area contributed by atoms with Crippen LogP contribution in [0, 0.1) is 28.6 Å². The fourth-order valence-electron chi connectivity index (χ4n) is 8.02. The second-order valence-corrected chi connectivity index (χ2v) is 11.2. The van der Waals surface area contributed by atoms with Crippen molar-refractivity contribution in [3.8, 4) is 0 Å². The first-order valence-electron chi connectivity index (χ1n) is 12.4. The highest BCUT2D eigenvalue weighted by atomic mass is 16.6. The predicted octanol–water partition coefficient (Wildman–Crippen LogP) is 5.50. The molecule has 0 radical (unpaired) electrons. The Morgan fingerprint density at radius 2 is 1.76 bits per heavy atom. The first kappa shape index (κ1) is 24.0. The Morgan fingerprint density at radius 1 is 1.06 bits per heavy atom. The van der Waals surface area contributed by atoms with Crippen LogP contribution < -0.4 is 0 Å². The number of hydrogen-bond donors (Lipinski definition) is 0. The van der Waals surface area contributed by atoms with Crippen LogP contribution in [0.5, 0.6) is 0 Å². The Hall–Kier alpha value is -2.17. The molecule has 5 heteroatoms. The molecule has 0 spiro atoms. The van der Waals surface area contributed by atoms with Gasteiger partial charge in [-0.25, -0.2) is 0 Å². The van der Waals surface area contributed by atoms with Gasteiger partial charge in [0.15, 0.2) is 5.78 Å². The van der Waals surface area contributed by atoms with E-state index in [1.807, 2.05) is 6.08 Å². The van der Waals surface area contributed by atoms with Crippen LogP contribution in [-0.2, 0) is 23.9 Å². The van der Waals surface area contributed by atoms with Gasteiger partial charge >= 0.3 is 11.9 Å². The zero-order chi connectivity index (χ0) is 24.2. The standard InChI is InChI=1S/C28H38O5/c1-17-18(2)25-22(26(5)12-8-21(31)16-24(17)26)9-13-27(6)23(25)10-14-28(27,33-20(4)30)11-7-15-32-19(3)29/h16,22-23,25H,1-2,7-15H2,3-6H3/t22-,23+,25-,26-,27+,28?/m1/s1. The topological polar surface area (TPSA) is 69.7 Å². The summed E-state index contributed by atoms with van der Waals surface area (Å²) >= 11 is 0. The first-order chi connectivity index (χ1) is 15.4. The number of fused-ring (bicyclic) bond motifs is 5. The van der Waals surface area contributed by atoms with E-state index in [0.717, 1.165) is 48.8 Å². The van der Waals surface area contributed by atoms with Crippen molar-refractivity contribution in [3.63, 3.8) is 0 Å². The van der Waals surface area contributed by atoms with Crippen molar-refractivity contribution in [1.29, 1.82) is 0 Å². The number of carbonyl (C=O) groups excluding carboxylic acids is 3. The summed E-state index contributed by atoms with van der Waals surface area (Å²) in [6, 6.07) is 0. The van der Waals surface area contributed by atoms with Gasteiger partial charge in [-0.05, 0) is 90.9 Å². The summed E-state index contributed by atoms with van der Waals surface area (Å²) < 4.78 is 11.4. The van der Waals surface area contributed by atoms with E-state index >= 15 is 0 Å². The van der Waals surface area contributed by atoms with E-state index in [2.05, 4.69) is 27.0 Å². The smallest absolute Gasteiger partial charge is 0.303 e. The highest BCUT2D eigenvalue weighted by Crippen LogP contribution is 2.70. The normalized spacial score (nSPS) is 39.8. The SMILES string of the molecule is C=C1C(=C)[C@@H]2[C@@H](CC[C@@]3(C)[C@H]2CCC3(CCCOC(C)=O)OC(C)=O)[C@@]2(C)CCC(=O)C=C12. The van der Waals surface area contributed by atoms with Gasteiger partial charge in [-0.1, -0.05) is 27.0 Å². The molecule has 180 valence electrons. The molecule has 0 aromatic rings. The number of esters is 2. The van der Waals surface area contributed by atoms with Crippen LogP contribution in [-0.4, -0.2) is 29.9 Å². The monoisotopic (exact) mass is 454 g/mol. The molecule has 4 aliphatic rings. The third-order valence-electron chi connectivity index (χ3n) is 9.67. The summed E-state index contributed by atoms with van der Waals surface area (Å²) in [4.78, 5) is 35.7. The fourth-order valence-corrected chi connectivity index (χ4v) is 8.02. The molecule has 0 aromatic heterocycles. The Labute approximate surface area is 197 Å². The highest BCUT2D eigenvalue weighted by Gasteiger charge is 2.66. The lowest BCUT2D eigenvalue weighted by molar-refractivity contribution is -0.182. The Bertz CT molecular complexity index is 944. The highest BCUT2D eigenvalue weighted by molar-refractivity contribution is 5.93. The summed E-state index contributed by atoms with van der Waals surface area (Å²) in [5, 5.41) is 0. The van der Waals surface area contributed by atoms with Gasteiger partial charge < -0.3 is 9.47 Å². The summed E-state index contributed by atoms with van der Waals surface area (Å²) in [7, 11) is 0. The minimum absolute atomic E-state index is 0.0554. The maximum Gasteiger partial charge on any atom is 0.303 e. The van der Waals surface area contributed by atoms with Crippen molar-refractivity contribution in [2.75, 3.05) is 6.61 Å². The molecule has 6 atom stereocenters. The van der Waals surface area contributed by atoms with Crippen LogP contribution in [0.4, 0.5) is 0 Å². The number of ether oxygens (including phenoxy) is 2.